The third kappa shape index (κ3) is 2.45. The Morgan fingerprint density at radius 3 is 2.71 bits per heavy atom. The van der Waals surface area contributed by atoms with Crippen molar-refractivity contribution in [3.8, 4) is 16.9 Å². The number of aryl methyl sites for hydroxylation is 1. The van der Waals surface area contributed by atoms with Gasteiger partial charge in [-0.2, -0.15) is 0 Å². The van der Waals surface area contributed by atoms with Crippen LogP contribution in [0, 0.1) is 6.92 Å². The van der Waals surface area contributed by atoms with Gasteiger partial charge in [-0.15, -0.1) is 0 Å². The van der Waals surface area contributed by atoms with Gasteiger partial charge < -0.3 is 9.84 Å². The Bertz CT molecular complexity index is 523. The summed E-state index contributed by atoms with van der Waals surface area (Å²) in [6, 6.07) is 7.69. The molecule has 1 heterocycles. The number of aliphatic hydroxyl groups excluding tert-OH is 1. The Kier molecular flexibility index (Phi) is 3.40. The molecule has 0 aliphatic heterocycles. The molecule has 0 unspecified atom stereocenters. The number of pyridine rings is 1. The molecule has 0 fully saturated rings. The van der Waals surface area contributed by atoms with Crippen molar-refractivity contribution in [2.24, 2.45) is 0 Å². The van der Waals surface area contributed by atoms with Crippen LogP contribution in [0.4, 0.5) is 0 Å². The van der Waals surface area contributed by atoms with Crippen LogP contribution in [0.15, 0.2) is 36.7 Å². The van der Waals surface area contributed by atoms with Crippen molar-refractivity contribution >= 4 is 0 Å². The topological polar surface area (TPSA) is 42.4 Å². The van der Waals surface area contributed by atoms with Gasteiger partial charge in [0.2, 0.25) is 0 Å². The summed E-state index contributed by atoms with van der Waals surface area (Å²) in [6.45, 7) is 2.02. The lowest BCUT2D eigenvalue weighted by molar-refractivity contribution is 0.281. The van der Waals surface area contributed by atoms with Crippen molar-refractivity contribution < 1.29 is 9.84 Å². The van der Waals surface area contributed by atoms with E-state index in [4.69, 9.17) is 4.74 Å². The minimum atomic E-state index is 0.0240. The van der Waals surface area contributed by atoms with E-state index in [9.17, 15) is 5.11 Å². The van der Waals surface area contributed by atoms with E-state index >= 15 is 0 Å². The van der Waals surface area contributed by atoms with Gasteiger partial charge in [-0.05, 0) is 36.2 Å². The number of ether oxygens (including phenoxy) is 1. The lowest BCUT2D eigenvalue weighted by atomic mass is 10.0. The zero-order chi connectivity index (χ0) is 12.3. The fraction of sp³-hybridized carbons (Fsp3) is 0.214. The Hall–Kier alpha value is -1.87. The van der Waals surface area contributed by atoms with Gasteiger partial charge in [-0.25, -0.2) is 0 Å². The van der Waals surface area contributed by atoms with Crippen molar-refractivity contribution in [1.29, 1.82) is 0 Å². The van der Waals surface area contributed by atoms with E-state index in [-0.39, 0.29) is 6.61 Å². The van der Waals surface area contributed by atoms with Crippen LogP contribution >= 0.6 is 0 Å². The van der Waals surface area contributed by atoms with Crippen LogP contribution in [0.25, 0.3) is 11.1 Å². The van der Waals surface area contributed by atoms with Gasteiger partial charge in [0.05, 0.1) is 13.7 Å². The summed E-state index contributed by atoms with van der Waals surface area (Å²) in [5.74, 6) is 0.787. The third-order valence-corrected chi connectivity index (χ3v) is 2.63. The lowest BCUT2D eigenvalue weighted by Gasteiger charge is -2.10. The first kappa shape index (κ1) is 11.6. The molecule has 0 saturated heterocycles. The second-order valence-corrected chi connectivity index (χ2v) is 3.94. The maximum atomic E-state index is 9.17. The van der Waals surface area contributed by atoms with Crippen LogP contribution in [-0.2, 0) is 6.61 Å². The standard InChI is InChI=1S/C14H15NO2/c1-10-5-12(8-15-7-10)13-6-11(9-16)3-4-14(13)17-2/h3-8,16H,9H2,1-2H3. The zero-order valence-electron chi connectivity index (χ0n) is 9.97. The molecule has 0 amide bonds. The predicted octanol–water partition coefficient (Wildman–Crippen LogP) is 2.56. The van der Waals surface area contributed by atoms with E-state index in [0.717, 1.165) is 28.0 Å². The smallest absolute Gasteiger partial charge is 0.126 e. The molecule has 0 atom stereocenters. The molecule has 88 valence electrons. The molecule has 0 bridgehead atoms. The molecular formula is C14H15NO2. The van der Waals surface area contributed by atoms with Crippen molar-refractivity contribution in [3.05, 3.63) is 47.8 Å². The zero-order valence-corrected chi connectivity index (χ0v) is 9.97. The Morgan fingerprint density at radius 1 is 1.24 bits per heavy atom. The molecule has 0 aliphatic carbocycles. The van der Waals surface area contributed by atoms with Crippen LogP contribution in [0.3, 0.4) is 0 Å². The molecule has 1 N–H and O–H groups in total. The van der Waals surface area contributed by atoms with Gasteiger partial charge in [0.1, 0.15) is 5.75 Å². The highest BCUT2D eigenvalue weighted by molar-refractivity contribution is 5.70. The van der Waals surface area contributed by atoms with Crippen LogP contribution in [0.1, 0.15) is 11.1 Å². The summed E-state index contributed by atoms with van der Waals surface area (Å²) in [5, 5.41) is 9.17. The van der Waals surface area contributed by atoms with Gasteiger partial charge >= 0.3 is 0 Å². The number of aliphatic hydroxyl groups is 1. The fourth-order valence-corrected chi connectivity index (χ4v) is 1.78. The Balaban J connectivity index is 2.56. The van der Waals surface area contributed by atoms with Gasteiger partial charge in [-0.3, -0.25) is 4.98 Å². The van der Waals surface area contributed by atoms with E-state index in [1.807, 2.05) is 37.4 Å². The summed E-state index contributed by atoms with van der Waals surface area (Å²) in [4.78, 5) is 4.17. The first-order valence-corrected chi connectivity index (χ1v) is 5.44. The number of methoxy groups -OCH3 is 1. The van der Waals surface area contributed by atoms with E-state index in [1.54, 1.807) is 13.3 Å². The van der Waals surface area contributed by atoms with E-state index in [2.05, 4.69) is 4.98 Å². The average molecular weight is 229 g/mol. The number of nitrogens with zero attached hydrogens (tertiary/aromatic N) is 1. The van der Waals surface area contributed by atoms with Gasteiger partial charge in [0.15, 0.2) is 0 Å². The Labute approximate surface area is 101 Å². The SMILES string of the molecule is COc1ccc(CO)cc1-c1cncc(C)c1. The highest BCUT2D eigenvalue weighted by atomic mass is 16.5. The van der Waals surface area contributed by atoms with E-state index < -0.39 is 0 Å². The Morgan fingerprint density at radius 2 is 2.06 bits per heavy atom. The van der Waals surface area contributed by atoms with Gasteiger partial charge in [0, 0.05) is 23.5 Å². The highest BCUT2D eigenvalue weighted by Crippen LogP contribution is 2.30. The van der Waals surface area contributed by atoms with Crippen LogP contribution < -0.4 is 4.74 Å². The maximum absolute atomic E-state index is 9.17. The monoisotopic (exact) mass is 229 g/mol. The average Bonchev–Trinajstić information content (AvgIpc) is 2.38. The van der Waals surface area contributed by atoms with E-state index in [0.29, 0.717) is 0 Å². The normalized spacial score (nSPS) is 10.3. The number of benzene rings is 1. The maximum Gasteiger partial charge on any atom is 0.126 e. The second kappa shape index (κ2) is 4.97. The molecule has 0 spiro atoms. The minimum absolute atomic E-state index is 0.0240. The molecule has 3 nitrogen and oxygen atoms in total. The van der Waals surface area contributed by atoms with Crippen LogP contribution in [-0.4, -0.2) is 17.2 Å². The number of hydrogen-bond acceptors (Lipinski definition) is 3. The molecule has 0 saturated carbocycles. The molecule has 17 heavy (non-hydrogen) atoms. The summed E-state index contributed by atoms with van der Waals surface area (Å²) in [6.07, 6.45) is 3.61. The molecule has 3 heteroatoms. The summed E-state index contributed by atoms with van der Waals surface area (Å²) in [7, 11) is 1.64. The molecule has 0 aliphatic rings. The largest absolute Gasteiger partial charge is 0.496 e. The summed E-state index contributed by atoms with van der Waals surface area (Å²) in [5.41, 5.74) is 3.91. The summed E-state index contributed by atoms with van der Waals surface area (Å²) < 4.78 is 5.33. The van der Waals surface area contributed by atoms with Crippen molar-refractivity contribution in [3.63, 3.8) is 0 Å². The second-order valence-electron chi connectivity index (χ2n) is 3.94. The molecule has 2 aromatic rings. The van der Waals surface area contributed by atoms with Gasteiger partial charge in [0.25, 0.3) is 0 Å². The van der Waals surface area contributed by atoms with Crippen LogP contribution in [0.5, 0.6) is 5.75 Å². The molecular weight excluding hydrogens is 214 g/mol. The fourth-order valence-electron chi connectivity index (χ4n) is 1.78. The van der Waals surface area contributed by atoms with Gasteiger partial charge in [-0.1, -0.05) is 6.07 Å². The van der Waals surface area contributed by atoms with Crippen molar-refractivity contribution in [2.45, 2.75) is 13.5 Å². The first-order chi connectivity index (χ1) is 8.24. The number of hydrogen-bond donors (Lipinski definition) is 1. The molecule has 0 radical (unpaired) electrons. The van der Waals surface area contributed by atoms with E-state index in [1.165, 1.54) is 0 Å². The first-order valence-electron chi connectivity index (χ1n) is 5.44. The lowest BCUT2D eigenvalue weighted by Crippen LogP contribution is -1.92. The number of rotatable bonds is 3. The third-order valence-electron chi connectivity index (χ3n) is 2.63. The molecule has 2 rings (SSSR count). The number of aromatic nitrogens is 1. The van der Waals surface area contributed by atoms with Crippen molar-refractivity contribution in [2.75, 3.05) is 7.11 Å². The molecule has 1 aromatic heterocycles. The predicted molar refractivity (Wildman–Crippen MR) is 66.9 cm³/mol. The molecule has 1 aromatic carbocycles. The minimum Gasteiger partial charge on any atom is -0.496 e. The quantitative estimate of drug-likeness (QED) is 0.879. The highest BCUT2D eigenvalue weighted by Gasteiger charge is 2.07. The van der Waals surface area contributed by atoms with Crippen LogP contribution in [0.2, 0.25) is 0 Å². The summed E-state index contributed by atoms with van der Waals surface area (Å²) >= 11 is 0. The van der Waals surface area contributed by atoms with Crippen molar-refractivity contribution in [1.82, 2.24) is 4.98 Å².